The number of likely N-dealkylation sites (tertiary alicyclic amines) is 1. The molecule has 1 fully saturated rings. The fourth-order valence-corrected chi connectivity index (χ4v) is 3.34. The first-order valence-corrected chi connectivity index (χ1v) is 9.23. The number of aliphatic imine (C=N–C) groups is 1. The Labute approximate surface area is 161 Å². The van der Waals surface area contributed by atoms with Crippen LogP contribution in [-0.2, 0) is 4.79 Å². The summed E-state index contributed by atoms with van der Waals surface area (Å²) >= 11 is 5.90. The summed E-state index contributed by atoms with van der Waals surface area (Å²) in [6, 6.07) is 5.59. The summed E-state index contributed by atoms with van der Waals surface area (Å²) in [5.74, 6) is -0.306. The van der Waals surface area contributed by atoms with E-state index < -0.39 is 5.78 Å². The lowest BCUT2D eigenvalue weighted by molar-refractivity contribution is -0.110. The molecular formula is C19H19ClN4O3. The van der Waals surface area contributed by atoms with Crippen LogP contribution in [-0.4, -0.2) is 57.4 Å². The second kappa shape index (κ2) is 7.54. The molecule has 2 aliphatic rings. The lowest BCUT2D eigenvalue weighted by Gasteiger charge is -2.14. The highest BCUT2D eigenvalue weighted by molar-refractivity contribution is 6.47. The zero-order valence-electron chi connectivity index (χ0n) is 14.6. The minimum absolute atomic E-state index is 0.000439. The number of carbonyl (C=O) groups is 1. The van der Waals surface area contributed by atoms with Crippen molar-refractivity contribution < 1.29 is 14.6 Å². The van der Waals surface area contributed by atoms with Crippen molar-refractivity contribution in [1.82, 2.24) is 14.5 Å². The van der Waals surface area contributed by atoms with E-state index in [0.717, 1.165) is 31.2 Å². The van der Waals surface area contributed by atoms with Crippen molar-refractivity contribution in [2.24, 2.45) is 4.99 Å². The molecule has 0 atom stereocenters. The van der Waals surface area contributed by atoms with Crippen LogP contribution in [0.25, 0.3) is 5.52 Å². The number of hydrogen-bond acceptors (Lipinski definition) is 6. The highest BCUT2D eigenvalue weighted by Crippen LogP contribution is 2.33. The summed E-state index contributed by atoms with van der Waals surface area (Å²) in [4.78, 5) is 18.4. The first kappa shape index (κ1) is 17.8. The Bertz CT molecular complexity index is 970. The molecule has 0 radical (unpaired) electrons. The van der Waals surface area contributed by atoms with Gasteiger partial charge in [0.2, 0.25) is 5.78 Å². The van der Waals surface area contributed by atoms with E-state index in [-0.39, 0.29) is 16.5 Å². The van der Waals surface area contributed by atoms with E-state index in [1.54, 1.807) is 10.7 Å². The van der Waals surface area contributed by atoms with E-state index >= 15 is 0 Å². The van der Waals surface area contributed by atoms with E-state index in [9.17, 15) is 9.90 Å². The first-order valence-electron chi connectivity index (χ1n) is 8.85. The zero-order valence-corrected chi connectivity index (χ0v) is 15.4. The molecule has 1 aliphatic heterocycles. The third kappa shape index (κ3) is 3.74. The monoisotopic (exact) mass is 386 g/mol. The molecule has 0 bridgehead atoms. The number of aromatic nitrogens is 2. The van der Waals surface area contributed by atoms with Gasteiger partial charge in [0.15, 0.2) is 5.69 Å². The van der Waals surface area contributed by atoms with Gasteiger partial charge in [-0.3, -0.25) is 9.69 Å². The van der Waals surface area contributed by atoms with Gasteiger partial charge in [0.05, 0.1) is 10.5 Å². The number of ether oxygens (including phenoxy) is 1. The molecule has 0 spiro atoms. The SMILES string of the molecule is O=C1C=C(O)/C(=N/c2c(OCCN3CCCC3)nn3ccccc23)C=C1Cl. The van der Waals surface area contributed by atoms with Gasteiger partial charge in [0.25, 0.3) is 5.88 Å². The Morgan fingerprint density at radius 2 is 2.07 bits per heavy atom. The number of fused-ring (bicyclic) bond motifs is 1. The molecule has 0 unspecified atom stereocenters. The fourth-order valence-electron chi connectivity index (χ4n) is 3.19. The summed E-state index contributed by atoms with van der Waals surface area (Å²) in [5.41, 5.74) is 1.42. The van der Waals surface area contributed by atoms with Crippen molar-refractivity contribution in [3.8, 4) is 5.88 Å². The third-order valence-electron chi connectivity index (χ3n) is 4.59. The molecule has 1 aliphatic carbocycles. The normalized spacial score (nSPS) is 19.6. The number of carbonyl (C=O) groups excluding carboxylic acids is 1. The molecule has 0 aromatic carbocycles. The number of halogens is 1. The number of aliphatic hydroxyl groups is 1. The molecule has 2 aromatic heterocycles. The molecular weight excluding hydrogens is 368 g/mol. The van der Waals surface area contributed by atoms with Gasteiger partial charge in [-0.1, -0.05) is 17.7 Å². The van der Waals surface area contributed by atoms with Gasteiger partial charge >= 0.3 is 0 Å². The van der Waals surface area contributed by atoms with Gasteiger partial charge in [0, 0.05) is 18.8 Å². The quantitative estimate of drug-likeness (QED) is 0.799. The number of aliphatic hydroxyl groups excluding tert-OH is 1. The van der Waals surface area contributed by atoms with Gasteiger partial charge in [0.1, 0.15) is 18.1 Å². The lowest BCUT2D eigenvalue weighted by Crippen LogP contribution is -2.25. The van der Waals surface area contributed by atoms with Crippen LogP contribution in [0.4, 0.5) is 5.69 Å². The maximum Gasteiger partial charge on any atom is 0.260 e. The molecule has 8 heteroatoms. The summed E-state index contributed by atoms with van der Waals surface area (Å²) in [6.45, 7) is 3.52. The Balaban J connectivity index is 1.65. The second-order valence-electron chi connectivity index (χ2n) is 6.46. The summed E-state index contributed by atoms with van der Waals surface area (Å²) < 4.78 is 7.58. The zero-order chi connectivity index (χ0) is 18.8. The number of ketones is 1. The molecule has 1 saturated heterocycles. The first-order chi connectivity index (χ1) is 13.1. The van der Waals surface area contributed by atoms with Gasteiger partial charge < -0.3 is 9.84 Å². The van der Waals surface area contributed by atoms with Crippen LogP contribution in [0, 0.1) is 0 Å². The number of nitrogens with zero attached hydrogens (tertiary/aromatic N) is 4. The van der Waals surface area contributed by atoms with Crippen LogP contribution in [0.2, 0.25) is 0 Å². The predicted octanol–water partition coefficient (Wildman–Crippen LogP) is 3.03. The van der Waals surface area contributed by atoms with E-state index in [0.29, 0.717) is 18.2 Å². The maximum absolute atomic E-state index is 11.6. The minimum Gasteiger partial charge on any atom is -0.506 e. The van der Waals surface area contributed by atoms with Crippen molar-refractivity contribution >= 4 is 34.3 Å². The summed E-state index contributed by atoms with van der Waals surface area (Å²) in [6.07, 6.45) is 6.66. The van der Waals surface area contributed by atoms with Crippen molar-refractivity contribution in [3.05, 3.63) is 47.3 Å². The molecule has 4 rings (SSSR count). The largest absolute Gasteiger partial charge is 0.506 e. The predicted molar refractivity (Wildman–Crippen MR) is 103 cm³/mol. The van der Waals surface area contributed by atoms with Crippen molar-refractivity contribution in [2.45, 2.75) is 12.8 Å². The van der Waals surface area contributed by atoms with E-state index in [2.05, 4.69) is 15.0 Å². The van der Waals surface area contributed by atoms with Gasteiger partial charge in [-0.05, 0) is 44.1 Å². The topological polar surface area (TPSA) is 79.4 Å². The number of allylic oxidation sites excluding steroid dienone is 3. The van der Waals surface area contributed by atoms with Crippen molar-refractivity contribution in [1.29, 1.82) is 0 Å². The Hall–Kier alpha value is -2.64. The van der Waals surface area contributed by atoms with E-state index in [4.69, 9.17) is 16.3 Å². The van der Waals surface area contributed by atoms with Gasteiger partial charge in [-0.2, -0.15) is 0 Å². The number of rotatable bonds is 5. The van der Waals surface area contributed by atoms with Crippen molar-refractivity contribution in [2.75, 3.05) is 26.2 Å². The van der Waals surface area contributed by atoms with Crippen LogP contribution in [0.1, 0.15) is 12.8 Å². The van der Waals surface area contributed by atoms with Gasteiger partial charge in [-0.25, -0.2) is 9.51 Å². The molecule has 0 saturated carbocycles. The average Bonchev–Trinajstić information content (AvgIpc) is 3.28. The van der Waals surface area contributed by atoms with Crippen molar-refractivity contribution in [3.63, 3.8) is 0 Å². The lowest BCUT2D eigenvalue weighted by atomic mass is 10.1. The highest BCUT2D eigenvalue weighted by Gasteiger charge is 2.20. The molecule has 3 heterocycles. The van der Waals surface area contributed by atoms with E-state index in [1.807, 2.05) is 18.2 Å². The van der Waals surface area contributed by atoms with Crippen LogP contribution in [0.15, 0.2) is 52.3 Å². The van der Waals surface area contributed by atoms with Gasteiger partial charge in [-0.15, -0.1) is 5.10 Å². The fraction of sp³-hybridized carbons (Fsp3) is 0.316. The Morgan fingerprint density at radius 1 is 1.26 bits per heavy atom. The third-order valence-corrected chi connectivity index (χ3v) is 4.88. The van der Waals surface area contributed by atoms with E-state index in [1.165, 1.54) is 18.9 Å². The summed E-state index contributed by atoms with van der Waals surface area (Å²) in [5, 5.41) is 14.5. The minimum atomic E-state index is -0.449. The van der Waals surface area contributed by atoms with Crippen LogP contribution in [0.5, 0.6) is 5.88 Å². The van der Waals surface area contributed by atoms with Crippen LogP contribution in [0.3, 0.4) is 0 Å². The number of pyridine rings is 1. The molecule has 1 N–H and O–H groups in total. The second-order valence-corrected chi connectivity index (χ2v) is 6.87. The number of hydrogen-bond donors (Lipinski definition) is 1. The molecule has 27 heavy (non-hydrogen) atoms. The molecule has 2 aromatic rings. The Kier molecular flexibility index (Phi) is 4.96. The molecule has 140 valence electrons. The average molecular weight is 387 g/mol. The van der Waals surface area contributed by atoms with Crippen LogP contribution >= 0.6 is 11.6 Å². The maximum atomic E-state index is 11.6. The highest BCUT2D eigenvalue weighted by atomic mass is 35.5. The smallest absolute Gasteiger partial charge is 0.260 e. The Morgan fingerprint density at radius 3 is 2.89 bits per heavy atom. The molecule has 7 nitrogen and oxygen atoms in total. The standard InChI is InChI=1S/C19H19ClN4O3/c20-13-11-14(17(26)12-16(13)25)21-18-15-5-1-2-8-24(15)22-19(18)27-10-9-23-6-3-4-7-23/h1-2,5,8,11-12,26H,3-4,6-7,9-10H2/b21-14+. The summed E-state index contributed by atoms with van der Waals surface area (Å²) in [7, 11) is 0. The van der Waals surface area contributed by atoms with Crippen LogP contribution < -0.4 is 4.74 Å². The molecule has 0 amide bonds.